The molecule has 18 heavy (non-hydrogen) atoms. The maximum Gasteiger partial charge on any atom is 0.0457 e. The summed E-state index contributed by atoms with van der Waals surface area (Å²) >= 11 is 8.11. The first-order valence-corrected chi connectivity index (χ1v) is 7.40. The van der Waals surface area contributed by atoms with Crippen molar-refractivity contribution in [2.24, 2.45) is 0 Å². The highest BCUT2D eigenvalue weighted by molar-refractivity contribution is 7.13. The summed E-state index contributed by atoms with van der Waals surface area (Å²) in [5, 5.41) is 6.35. The van der Waals surface area contributed by atoms with Crippen LogP contribution in [0.1, 0.15) is 25.0 Å². The van der Waals surface area contributed by atoms with Gasteiger partial charge in [0.2, 0.25) is 0 Å². The first-order chi connectivity index (χ1) is 8.58. The molecule has 0 spiro atoms. The number of aryl methyl sites for hydroxylation is 1. The fourth-order valence-electron chi connectivity index (χ4n) is 1.81. The number of rotatable bonds is 4. The molecule has 0 bridgehead atoms. The lowest BCUT2D eigenvalue weighted by Crippen LogP contribution is -2.21. The van der Waals surface area contributed by atoms with Crippen LogP contribution in [0.4, 0.5) is 0 Å². The molecule has 96 valence electrons. The molecule has 3 heteroatoms. The number of benzene rings is 1. The number of thiophene rings is 1. The highest BCUT2D eigenvalue weighted by atomic mass is 35.5. The van der Waals surface area contributed by atoms with Crippen molar-refractivity contribution in [1.29, 1.82) is 0 Å². The van der Waals surface area contributed by atoms with Crippen molar-refractivity contribution < 1.29 is 0 Å². The Morgan fingerprint density at radius 1 is 1.28 bits per heavy atom. The second kappa shape index (κ2) is 5.87. The fraction of sp³-hybridized carbons (Fsp3) is 0.333. The first kappa shape index (κ1) is 13.6. The van der Waals surface area contributed by atoms with Gasteiger partial charge in [0.1, 0.15) is 0 Å². The maximum atomic E-state index is 6.35. The molecule has 1 heterocycles. The lowest BCUT2D eigenvalue weighted by atomic mass is 10.1. The van der Waals surface area contributed by atoms with Crippen LogP contribution in [0.3, 0.4) is 0 Å². The molecule has 0 amide bonds. The topological polar surface area (TPSA) is 12.0 Å². The van der Waals surface area contributed by atoms with Crippen LogP contribution >= 0.6 is 22.9 Å². The summed E-state index contributed by atoms with van der Waals surface area (Å²) in [6.45, 7) is 7.22. The maximum absolute atomic E-state index is 6.35. The Kier molecular flexibility index (Phi) is 4.44. The summed E-state index contributed by atoms with van der Waals surface area (Å²) in [6, 6.07) is 8.95. The Morgan fingerprint density at radius 3 is 2.61 bits per heavy atom. The number of nitrogens with one attached hydrogen (secondary N) is 1. The molecular formula is C15H18ClNS. The van der Waals surface area contributed by atoms with Gasteiger partial charge in [-0.2, -0.15) is 0 Å². The Hall–Kier alpha value is -0.830. The van der Waals surface area contributed by atoms with Gasteiger partial charge < -0.3 is 5.32 Å². The van der Waals surface area contributed by atoms with Gasteiger partial charge in [0, 0.05) is 22.5 Å². The molecule has 1 nitrogen and oxygen atoms in total. The molecule has 0 unspecified atom stereocenters. The lowest BCUT2D eigenvalue weighted by Gasteiger charge is -2.10. The monoisotopic (exact) mass is 279 g/mol. The zero-order valence-corrected chi connectivity index (χ0v) is 12.5. The zero-order valence-electron chi connectivity index (χ0n) is 11.0. The quantitative estimate of drug-likeness (QED) is 0.841. The number of hydrogen-bond acceptors (Lipinski definition) is 2. The first-order valence-electron chi connectivity index (χ1n) is 6.14. The summed E-state index contributed by atoms with van der Waals surface area (Å²) in [6.07, 6.45) is 0. The van der Waals surface area contributed by atoms with Crippen molar-refractivity contribution in [2.45, 2.75) is 33.4 Å². The van der Waals surface area contributed by atoms with Crippen LogP contribution in [-0.4, -0.2) is 6.04 Å². The third kappa shape index (κ3) is 3.14. The fourth-order valence-corrected chi connectivity index (χ4v) is 2.99. The van der Waals surface area contributed by atoms with Crippen LogP contribution in [0.15, 0.2) is 29.6 Å². The Balaban J connectivity index is 2.22. The van der Waals surface area contributed by atoms with E-state index < -0.39 is 0 Å². The summed E-state index contributed by atoms with van der Waals surface area (Å²) in [5.74, 6) is 0. The van der Waals surface area contributed by atoms with Gasteiger partial charge in [0.05, 0.1) is 0 Å². The van der Waals surface area contributed by atoms with E-state index in [1.54, 1.807) is 11.3 Å². The average molecular weight is 280 g/mol. The second-order valence-corrected chi connectivity index (χ2v) is 6.10. The average Bonchev–Trinajstić information content (AvgIpc) is 2.73. The number of hydrogen-bond donors (Lipinski definition) is 1. The molecule has 1 N–H and O–H groups in total. The van der Waals surface area contributed by atoms with Crippen molar-refractivity contribution in [3.8, 4) is 10.4 Å². The van der Waals surface area contributed by atoms with E-state index in [0.717, 1.165) is 17.1 Å². The third-order valence-corrected chi connectivity index (χ3v) is 4.30. The van der Waals surface area contributed by atoms with Gasteiger partial charge in [-0.15, -0.1) is 11.3 Å². The summed E-state index contributed by atoms with van der Waals surface area (Å²) in [5.41, 5.74) is 3.67. The van der Waals surface area contributed by atoms with Gasteiger partial charge in [0.25, 0.3) is 0 Å². The SMILES string of the molecule is Cc1ccsc1-c1ccc(CNC(C)C)c(Cl)c1. The Bertz CT molecular complexity index is 531. The van der Waals surface area contributed by atoms with E-state index in [-0.39, 0.29) is 0 Å². The standard InChI is InChI=1S/C15H18ClNS/c1-10(2)17-9-13-5-4-12(8-14(13)16)15-11(3)6-7-18-15/h4-8,10,17H,9H2,1-3H3. The molecular weight excluding hydrogens is 262 g/mol. The normalized spacial score (nSPS) is 11.2. The largest absolute Gasteiger partial charge is 0.310 e. The van der Waals surface area contributed by atoms with Crippen LogP contribution < -0.4 is 5.32 Å². The second-order valence-electron chi connectivity index (χ2n) is 4.77. The van der Waals surface area contributed by atoms with E-state index in [1.807, 2.05) is 0 Å². The van der Waals surface area contributed by atoms with E-state index >= 15 is 0 Å². The van der Waals surface area contributed by atoms with Gasteiger partial charge in [0.15, 0.2) is 0 Å². The van der Waals surface area contributed by atoms with Gasteiger partial charge in [-0.1, -0.05) is 37.6 Å². The minimum atomic E-state index is 0.472. The van der Waals surface area contributed by atoms with Crippen LogP contribution in [-0.2, 0) is 6.54 Å². The molecule has 2 rings (SSSR count). The summed E-state index contributed by atoms with van der Waals surface area (Å²) in [7, 11) is 0. The van der Waals surface area contributed by atoms with Crippen molar-refractivity contribution >= 4 is 22.9 Å². The van der Waals surface area contributed by atoms with E-state index in [1.165, 1.54) is 16.0 Å². The summed E-state index contributed by atoms with van der Waals surface area (Å²) in [4.78, 5) is 1.31. The minimum Gasteiger partial charge on any atom is -0.310 e. The van der Waals surface area contributed by atoms with E-state index in [0.29, 0.717) is 6.04 Å². The zero-order chi connectivity index (χ0) is 13.1. The molecule has 0 aliphatic heterocycles. The lowest BCUT2D eigenvalue weighted by molar-refractivity contribution is 0.589. The van der Waals surface area contributed by atoms with E-state index in [2.05, 4.69) is 55.7 Å². The number of halogens is 1. The highest BCUT2D eigenvalue weighted by Crippen LogP contribution is 2.31. The molecule has 0 saturated carbocycles. The predicted octanol–water partition coefficient (Wildman–Crippen LogP) is 4.87. The molecule has 1 aromatic carbocycles. The summed E-state index contributed by atoms with van der Waals surface area (Å²) < 4.78 is 0. The van der Waals surface area contributed by atoms with Crippen LogP contribution in [0.2, 0.25) is 5.02 Å². The third-order valence-electron chi connectivity index (χ3n) is 2.88. The predicted molar refractivity (Wildman–Crippen MR) is 81.5 cm³/mol. The molecule has 0 saturated heterocycles. The molecule has 2 aromatic rings. The smallest absolute Gasteiger partial charge is 0.0457 e. The molecule has 1 aromatic heterocycles. The van der Waals surface area contributed by atoms with Crippen LogP contribution in [0.25, 0.3) is 10.4 Å². The molecule has 0 aliphatic carbocycles. The van der Waals surface area contributed by atoms with E-state index in [9.17, 15) is 0 Å². The van der Waals surface area contributed by atoms with Crippen LogP contribution in [0, 0.1) is 6.92 Å². The Morgan fingerprint density at radius 2 is 2.06 bits per heavy atom. The molecule has 0 atom stereocenters. The Labute approximate surface area is 118 Å². The van der Waals surface area contributed by atoms with Gasteiger partial charge in [-0.25, -0.2) is 0 Å². The van der Waals surface area contributed by atoms with Crippen molar-refractivity contribution in [1.82, 2.24) is 5.32 Å². The molecule has 0 radical (unpaired) electrons. The van der Waals surface area contributed by atoms with Gasteiger partial charge in [-0.3, -0.25) is 0 Å². The van der Waals surface area contributed by atoms with E-state index in [4.69, 9.17) is 11.6 Å². The van der Waals surface area contributed by atoms with Crippen LogP contribution in [0.5, 0.6) is 0 Å². The molecule has 0 aliphatic rings. The minimum absolute atomic E-state index is 0.472. The van der Waals surface area contributed by atoms with Crippen molar-refractivity contribution in [3.05, 3.63) is 45.8 Å². The van der Waals surface area contributed by atoms with Gasteiger partial charge in [-0.05, 0) is 41.1 Å². The molecule has 0 fully saturated rings. The highest BCUT2D eigenvalue weighted by Gasteiger charge is 2.07. The van der Waals surface area contributed by atoms with Crippen molar-refractivity contribution in [2.75, 3.05) is 0 Å². The van der Waals surface area contributed by atoms with Crippen molar-refractivity contribution in [3.63, 3.8) is 0 Å². The van der Waals surface area contributed by atoms with Gasteiger partial charge >= 0.3 is 0 Å².